The van der Waals surface area contributed by atoms with Gasteiger partial charge in [0.2, 0.25) is 0 Å². The Hall–Kier alpha value is 0.640. The van der Waals surface area contributed by atoms with Crippen LogP contribution in [0.3, 0.4) is 0 Å². The molecule has 0 saturated heterocycles. The SMILES string of the molecule is CC1=[C-]C(C)C=C1C.CC1=[C-]CC(C)=C1.C[Si](C)=[Zr+2].[Cl-].[Cl-]. The molecule has 21 heavy (non-hydrogen) atoms. The van der Waals surface area contributed by atoms with E-state index < -0.39 is 0 Å². The Bertz CT molecular complexity index is 424. The topological polar surface area (TPSA) is 0 Å². The predicted octanol–water partition coefficient (Wildman–Crippen LogP) is -0.790. The molecule has 0 aromatic heterocycles. The number of allylic oxidation sites excluding steroid dienone is 8. The molecule has 4 heteroatoms. The minimum atomic E-state index is 0. The predicted molar refractivity (Wildman–Crippen MR) is 83.6 cm³/mol. The first-order valence-electron chi connectivity index (χ1n) is 6.77. The summed E-state index contributed by atoms with van der Waals surface area (Å²) in [4.78, 5) is 0. The molecule has 0 aliphatic heterocycles. The largest absolute Gasteiger partial charge is 1.00 e. The van der Waals surface area contributed by atoms with Crippen LogP contribution in [-0.4, -0.2) is 5.43 Å². The van der Waals surface area contributed by atoms with E-state index in [-0.39, 0.29) is 30.2 Å². The van der Waals surface area contributed by atoms with Gasteiger partial charge < -0.3 is 24.8 Å². The molecule has 1 unspecified atom stereocenters. The van der Waals surface area contributed by atoms with E-state index in [1.165, 1.54) is 22.3 Å². The van der Waals surface area contributed by atoms with Gasteiger partial charge in [-0.2, -0.15) is 11.6 Å². The molecule has 0 amide bonds. The summed E-state index contributed by atoms with van der Waals surface area (Å²) in [6, 6.07) is 0. The molecular weight excluding hydrogens is 394 g/mol. The monoisotopic (exact) mass is 418 g/mol. The van der Waals surface area contributed by atoms with Gasteiger partial charge in [0.1, 0.15) is 0 Å². The van der Waals surface area contributed by atoms with Crippen LogP contribution in [-0.2, 0) is 23.3 Å². The van der Waals surface area contributed by atoms with Crippen LogP contribution in [0.2, 0.25) is 13.1 Å². The molecule has 0 bridgehead atoms. The molecule has 2 rings (SSSR count). The zero-order valence-corrected chi connectivity index (χ0v) is 19.2. The average Bonchev–Trinajstić information content (AvgIpc) is 2.73. The van der Waals surface area contributed by atoms with E-state index in [0.717, 1.165) is 6.42 Å². The van der Waals surface area contributed by atoms with Crippen LogP contribution in [0.4, 0.5) is 0 Å². The Morgan fingerprint density at radius 3 is 1.71 bits per heavy atom. The molecule has 0 N–H and O–H groups in total. The Labute approximate surface area is 159 Å². The molecule has 1 atom stereocenters. The van der Waals surface area contributed by atoms with Crippen LogP contribution in [0.5, 0.6) is 0 Å². The number of halogens is 2. The average molecular weight is 421 g/mol. The number of hydrogen-bond donors (Lipinski definition) is 0. The van der Waals surface area contributed by atoms with Crippen LogP contribution >= 0.6 is 0 Å². The van der Waals surface area contributed by atoms with Gasteiger partial charge in [-0.05, 0) is 0 Å². The van der Waals surface area contributed by atoms with E-state index in [1.54, 1.807) is 23.3 Å². The number of hydrogen-bond acceptors (Lipinski definition) is 0. The van der Waals surface area contributed by atoms with Crippen LogP contribution in [0, 0.1) is 18.1 Å². The first-order valence-corrected chi connectivity index (χ1v) is 13.0. The molecular formula is C17H26Cl2SiZr-2. The van der Waals surface area contributed by atoms with Crippen molar-refractivity contribution in [2.24, 2.45) is 5.92 Å². The molecule has 0 radical (unpaired) electrons. The van der Waals surface area contributed by atoms with E-state index in [0.29, 0.717) is 5.92 Å². The quantitative estimate of drug-likeness (QED) is 0.356. The molecule has 2 aliphatic carbocycles. The van der Waals surface area contributed by atoms with Crippen LogP contribution in [0.25, 0.3) is 0 Å². The summed E-state index contributed by atoms with van der Waals surface area (Å²) in [6.07, 6.45) is 11.9. The van der Waals surface area contributed by atoms with Gasteiger partial charge in [0, 0.05) is 0 Å². The van der Waals surface area contributed by atoms with Crippen molar-refractivity contribution >= 4 is 5.43 Å². The summed E-state index contributed by atoms with van der Waals surface area (Å²) in [6.45, 7) is 15.2. The van der Waals surface area contributed by atoms with Crippen molar-refractivity contribution in [2.45, 2.75) is 54.1 Å². The summed E-state index contributed by atoms with van der Waals surface area (Å²) >= 11 is 1.74. The van der Waals surface area contributed by atoms with Gasteiger partial charge >= 0.3 is 41.9 Å². The van der Waals surface area contributed by atoms with Gasteiger partial charge in [-0.3, -0.25) is 12.2 Å². The van der Waals surface area contributed by atoms with Gasteiger partial charge in [0.15, 0.2) is 0 Å². The van der Waals surface area contributed by atoms with Gasteiger partial charge in [-0.25, -0.2) is 22.8 Å². The Morgan fingerprint density at radius 2 is 1.62 bits per heavy atom. The van der Waals surface area contributed by atoms with Gasteiger partial charge in [0.25, 0.3) is 0 Å². The Morgan fingerprint density at radius 1 is 1.14 bits per heavy atom. The van der Waals surface area contributed by atoms with Crippen molar-refractivity contribution in [3.05, 3.63) is 46.6 Å². The standard InChI is InChI=1S/C8H11.C7H9.C2H6Si.2ClH.Zr/c1-6-4-7(2)8(3)5-6;1-6-3-4-7(2)5-6;1-3-2;;;/h4,6H,1-3H3;5H,3H2,1-2H3;1-2H3;2*1H;/q2*-1;;;;+2/p-2. The van der Waals surface area contributed by atoms with Crippen LogP contribution < -0.4 is 24.8 Å². The Kier molecular flexibility index (Phi) is 18.0. The second-order valence-electron chi connectivity index (χ2n) is 5.43. The summed E-state index contributed by atoms with van der Waals surface area (Å²) in [5, 5.41) is 0. The van der Waals surface area contributed by atoms with Gasteiger partial charge in [0.05, 0.1) is 0 Å². The fourth-order valence-electron chi connectivity index (χ4n) is 1.75. The Balaban J connectivity index is -0.000000233. The maximum Gasteiger partial charge on any atom is -1.00 e. The van der Waals surface area contributed by atoms with E-state index in [2.05, 4.69) is 72.0 Å². The molecule has 0 fully saturated rings. The van der Waals surface area contributed by atoms with E-state index in [9.17, 15) is 0 Å². The van der Waals surface area contributed by atoms with E-state index >= 15 is 0 Å². The smallest absolute Gasteiger partial charge is 1.00 e. The molecule has 0 saturated carbocycles. The van der Waals surface area contributed by atoms with E-state index in [4.69, 9.17) is 0 Å². The second kappa shape index (κ2) is 14.2. The van der Waals surface area contributed by atoms with Gasteiger partial charge in [-0.1, -0.05) is 33.6 Å². The third-order valence-corrected chi connectivity index (χ3v) is 2.64. The zero-order chi connectivity index (χ0) is 15.0. The summed E-state index contributed by atoms with van der Waals surface area (Å²) in [5.41, 5.74) is 5.63. The normalized spacial score (nSPS) is 18.2. The first kappa shape index (κ1) is 26.5. The second-order valence-corrected chi connectivity index (χ2v) is 14.8. The summed E-state index contributed by atoms with van der Waals surface area (Å²) < 4.78 is 0. The minimum Gasteiger partial charge on any atom is -1.00 e. The first-order chi connectivity index (χ1) is 8.72. The third kappa shape index (κ3) is 15.3. The third-order valence-electron chi connectivity index (χ3n) is 2.64. The molecule has 0 aromatic rings. The van der Waals surface area contributed by atoms with Crippen LogP contribution in [0.15, 0.2) is 34.4 Å². The molecule has 0 heterocycles. The maximum absolute atomic E-state index is 3.29. The van der Waals surface area contributed by atoms with Crippen molar-refractivity contribution < 1.29 is 48.1 Å². The van der Waals surface area contributed by atoms with Crippen molar-refractivity contribution in [3.63, 3.8) is 0 Å². The van der Waals surface area contributed by atoms with Crippen molar-refractivity contribution in [3.8, 4) is 0 Å². The van der Waals surface area contributed by atoms with Crippen molar-refractivity contribution in [1.29, 1.82) is 0 Å². The maximum atomic E-state index is 3.29. The molecule has 2 aliphatic rings. The summed E-state index contributed by atoms with van der Waals surface area (Å²) in [5.74, 6) is 0.551. The van der Waals surface area contributed by atoms with Crippen molar-refractivity contribution in [1.82, 2.24) is 0 Å². The number of rotatable bonds is 0. The minimum absolute atomic E-state index is 0. The van der Waals surface area contributed by atoms with Crippen molar-refractivity contribution in [2.75, 3.05) is 0 Å². The fraction of sp³-hybridized carbons (Fsp3) is 0.529. The molecule has 0 nitrogen and oxygen atoms in total. The fourth-order valence-corrected chi connectivity index (χ4v) is 1.75. The summed E-state index contributed by atoms with van der Waals surface area (Å²) in [7, 11) is 0. The van der Waals surface area contributed by atoms with E-state index in [1.807, 2.05) is 0 Å². The zero-order valence-electron chi connectivity index (χ0n) is 14.2. The van der Waals surface area contributed by atoms with Gasteiger partial charge in [-0.15, -0.1) is 13.3 Å². The molecule has 118 valence electrons. The van der Waals surface area contributed by atoms with Crippen LogP contribution in [0.1, 0.15) is 41.0 Å². The molecule has 0 aromatic carbocycles. The molecule has 0 spiro atoms.